The van der Waals surface area contributed by atoms with Crippen LogP contribution in [0.1, 0.15) is 16.7 Å². The lowest BCUT2D eigenvalue weighted by molar-refractivity contribution is 0.368. The molecular formula is C21H15BCl6F4S. The molecule has 3 aromatic rings. The van der Waals surface area contributed by atoms with Gasteiger partial charge in [0.05, 0.1) is 0 Å². The molecule has 3 aromatic carbocycles. The molecule has 0 bridgehead atoms. The van der Waals surface area contributed by atoms with Crippen LogP contribution in [0, 0.1) is 0 Å². The summed E-state index contributed by atoms with van der Waals surface area (Å²) in [6, 6.07) is 16.6. The Bertz CT molecular complexity index is 903. The van der Waals surface area contributed by atoms with Crippen LogP contribution in [0.2, 0.25) is 30.1 Å². The van der Waals surface area contributed by atoms with Crippen LogP contribution in [-0.2, 0) is 28.2 Å². The molecule has 0 unspecified atom stereocenters. The maximum Gasteiger partial charge on any atom is 0.673 e. The summed E-state index contributed by atoms with van der Waals surface area (Å²) in [7, 11) is -6.25. The predicted octanol–water partition coefficient (Wildman–Crippen LogP) is 10.4. The van der Waals surface area contributed by atoms with Crippen molar-refractivity contribution in [3.8, 4) is 0 Å². The Balaban J connectivity index is 0.000000696. The van der Waals surface area contributed by atoms with Crippen molar-refractivity contribution in [2.24, 2.45) is 0 Å². The van der Waals surface area contributed by atoms with E-state index in [0.29, 0.717) is 47.4 Å². The predicted molar refractivity (Wildman–Crippen MR) is 138 cm³/mol. The van der Waals surface area contributed by atoms with E-state index in [1.165, 1.54) is 0 Å². The average Bonchev–Trinajstić information content (AvgIpc) is 2.69. The Morgan fingerprint density at radius 1 is 0.485 bits per heavy atom. The molecule has 0 N–H and O–H groups in total. The van der Waals surface area contributed by atoms with Gasteiger partial charge >= 0.3 is 7.25 Å². The molecule has 0 aliphatic heterocycles. The monoisotopic (exact) mass is 596 g/mol. The van der Waals surface area contributed by atoms with Gasteiger partial charge in [0.25, 0.3) is 0 Å². The number of benzene rings is 3. The third-order valence-corrected chi connectivity index (χ3v) is 8.45. The van der Waals surface area contributed by atoms with E-state index in [9.17, 15) is 17.3 Å². The highest BCUT2D eigenvalue weighted by Crippen LogP contribution is 2.35. The molecule has 0 atom stereocenters. The van der Waals surface area contributed by atoms with E-state index in [-0.39, 0.29) is 10.9 Å². The van der Waals surface area contributed by atoms with Crippen LogP contribution in [-0.4, -0.2) is 7.25 Å². The number of hydrogen-bond acceptors (Lipinski definition) is 0. The molecule has 0 spiro atoms. The summed E-state index contributed by atoms with van der Waals surface area (Å²) < 4.78 is 39.0. The highest BCUT2D eigenvalue weighted by atomic mass is 35.5. The second-order valence-corrected chi connectivity index (χ2v) is 11.2. The fraction of sp³-hybridized carbons (Fsp3) is 0.143. The van der Waals surface area contributed by atoms with E-state index in [2.05, 4.69) is 0 Å². The van der Waals surface area contributed by atoms with Gasteiger partial charge in [-0.15, -0.1) is 0 Å². The van der Waals surface area contributed by atoms with Crippen LogP contribution >= 0.6 is 69.6 Å². The molecule has 0 nitrogen and oxygen atoms in total. The van der Waals surface area contributed by atoms with Gasteiger partial charge in [0.1, 0.15) is 17.3 Å². The summed E-state index contributed by atoms with van der Waals surface area (Å²) in [4.78, 5) is 0. The zero-order chi connectivity index (χ0) is 24.8. The lowest BCUT2D eigenvalue weighted by Gasteiger charge is -2.15. The summed E-state index contributed by atoms with van der Waals surface area (Å²) in [6.07, 6.45) is 0. The first-order chi connectivity index (χ1) is 15.4. The number of rotatable bonds is 6. The molecule has 3 rings (SSSR count). The molecule has 0 saturated carbocycles. The molecule has 33 heavy (non-hydrogen) atoms. The van der Waals surface area contributed by atoms with Crippen molar-refractivity contribution in [2.45, 2.75) is 17.3 Å². The van der Waals surface area contributed by atoms with E-state index in [1.807, 2.05) is 54.6 Å². The third-order valence-electron chi connectivity index (χ3n) is 4.23. The van der Waals surface area contributed by atoms with Crippen molar-refractivity contribution in [2.75, 3.05) is 0 Å². The van der Waals surface area contributed by atoms with Gasteiger partial charge in [-0.1, -0.05) is 87.8 Å². The average molecular weight is 599 g/mol. The molecule has 0 aromatic heterocycles. The fourth-order valence-electron chi connectivity index (χ4n) is 2.78. The van der Waals surface area contributed by atoms with Crippen molar-refractivity contribution < 1.29 is 17.3 Å². The molecule has 0 fully saturated rings. The van der Waals surface area contributed by atoms with Crippen LogP contribution in [0.25, 0.3) is 0 Å². The highest BCUT2D eigenvalue weighted by Gasteiger charge is 2.27. The fourth-order valence-corrected chi connectivity index (χ4v) is 7.31. The van der Waals surface area contributed by atoms with Crippen molar-refractivity contribution >= 4 is 87.8 Å². The van der Waals surface area contributed by atoms with Gasteiger partial charge in [-0.2, -0.15) is 0 Å². The summed E-state index contributed by atoms with van der Waals surface area (Å²) in [5.74, 6) is 2.00. The smallest absolute Gasteiger partial charge is 0.418 e. The normalized spacial score (nSPS) is 11.4. The van der Waals surface area contributed by atoms with Crippen LogP contribution in [0.5, 0.6) is 0 Å². The van der Waals surface area contributed by atoms with Gasteiger partial charge in [0.2, 0.25) is 0 Å². The minimum Gasteiger partial charge on any atom is -0.418 e. The van der Waals surface area contributed by atoms with Gasteiger partial charge < -0.3 is 17.3 Å². The van der Waals surface area contributed by atoms with Gasteiger partial charge in [0.15, 0.2) is 0 Å². The third kappa shape index (κ3) is 9.60. The number of halogens is 10. The molecule has 0 aliphatic carbocycles. The van der Waals surface area contributed by atoms with Gasteiger partial charge in [0, 0.05) is 57.7 Å². The van der Waals surface area contributed by atoms with Crippen molar-refractivity contribution in [3.05, 3.63) is 101 Å². The van der Waals surface area contributed by atoms with Crippen molar-refractivity contribution in [1.29, 1.82) is 0 Å². The van der Waals surface area contributed by atoms with Crippen LogP contribution in [0.4, 0.5) is 17.3 Å². The van der Waals surface area contributed by atoms with E-state index in [4.69, 9.17) is 69.6 Å². The molecular weight excluding hydrogens is 584 g/mol. The largest absolute Gasteiger partial charge is 0.673 e. The molecule has 12 heteroatoms. The van der Waals surface area contributed by atoms with Gasteiger partial charge in [-0.05, 0) is 36.4 Å². The Kier molecular flexibility index (Phi) is 11.3. The minimum atomic E-state index is -6.00. The SMILES string of the molecule is Clc1cccc(Cl)c1C[S+](Cc1c(Cl)cccc1Cl)Cc1c(Cl)cccc1Cl.F[B-](F)(F)F. The first kappa shape index (κ1) is 28.8. The lowest BCUT2D eigenvalue weighted by Crippen LogP contribution is -2.14. The van der Waals surface area contributed by atoms with Crippen LogP contribution in [0.15, 0.2) is 54.6 Å². The van der Waals surface area contributed by atoms with Crippen molar-refractivity contribution in [3.63, 3.8) is 0 Å². The minimum absolute atomic E-state index is 0.246. The standard InChI is InChI=1S/C21H15Cl6S.BF4/c22-16-4-1-5-17(23)13(16)10-28(11-14-18(24)6-2-7-19(14)25)12-15-20(26)8-3-9-21(15)27;2-1(3,4)5/h1-9H,10-12H2;/q+1;-1. The summed E-state index contributed by atoms with van der Waals surface area (Å²) in [5, 5.41) is 3.84. The van der Waals surface area contributed by atoms with E-state index in [1.54, 1.807) is 0 Å². The molecule has 0 saturated heterocycles. The molecule has 0 aliphatic rings. The van der Waals surface area contributed by atoms with E-state index >= 15 is 0 Å². The van der Waals surface area contributed by atoms with Crippen LogP contribution < -0.4 is 0 Å². The Labute approximate surface area is 222 Å². The quantitative estimate of drug-likeness (QED) is 0.150. The maximum atomic E-state index is 9.75. The van der Waals surface area contributed by atoms with Crippen molar-refractivity contribution in [1.82, 2.24) is 0 Å². The van der Waals surface area contributed by atoms with Gasteiger partial charge in [-0.3, -0.25) is 0 Å². The Morgan fingerprint density at radius 2 is 0.667 bits per heavy atom. The molecule has 0 radical (unpaired) electrons. The van der Waals surface area contributed by atoms with E-state index < -0.39 is 7.25 Å². The summed E-state index contributed by atoms with van der Waals surface area (Å²) in [5.41, 5.74) is 2.71. The first-order valence-corrected chi connectivity index (χ1v) is 13.2. The molecule has 178 valence electrons. The highest BCUT2D eigenvalue weighted by molar-refractivity contribution is 7.94. The Morgan fingerprint density at radius 3 is 0.848 bits per heavy atom. The summed E-state index contributed by atoms with van der Waals surface area (Å²) >= 11 is 38.5. The Hall–Kier alpha value is -0.465. The zero-order valence-electron chi connectivity index (χ0n) is 16.6. The van der Waals surface area contributed by atoms with Gasteiger partial charge in [-0.25, -0.2) is 0 Å². The molecule has 0 amide bonds. The number of hydrogen-bond donors (Lipinski definition) is 0. The second kappa shape index (κ2) is 13.0. The van der Waals surface area contributed by atoms with E-state index in [0.717, 1.165) is 16.7 Å². The first-order valence-electron chi connectivity index (χ1n) is 9.17. The summed E-state index contributed by atoms with van der Waals surface area (Å²) in [6.45, 7) is 0. The maximum absolute atomic E-state index is 9.75. The lowest BCUT2D eigenvalue weighted by atomic mass is 10.2. The van der Waals surface area contributed by atoms with Crippen LogP contribution in [0.3, 0.4) is 0 Å². The molecule has 0 heterocycles. The topological polar surface area (TPSA) is 0 Å². The second-order valence-electron chi connectivity index (χ2n) is 6.64. The zero-order valence-corrected chi connectivity index (χ0v) is 21.9.